The molecule has 0 amide bonds. The van der Waals surface area contributed by atoms with Crippen molar-refractivity contribution >= 4 is 0 Å². The van der Waals surface area contributed by atoms with Crippen molar-refractivity contribution in [3.63, 3.8) is 0 Å². The smallest absolute Gasteiger partial charge is 0.379 e. The van der Waals surface area contributed by atoms with E-state index in [-0.39, 0.29) is 12.3 Å². The van der Waals surface area contributed by atoms with E-state index in [1.165, 1.54) is 0 Å². The molecule has 0 aliphatic heterocycles. The quantitative estimate of drug-likeness (QED) is 0.899. The second kappa shape index (κ2) is 5.61. The molecule has 0 saturated carbocycles. The molecule has 0 heterocycles. The van der Waals surface area contributed by atoms with E-state index in [4.69, 9.17) is 5.73 Å². The Morgan fingerprint density at radius 3 is 2.52 bits per heavy atom. The van der Waals surface area contributed by atoms with Crippen molar-refractivity contribution < 1.29 is 18.3 Å². The summed E-state index contributed by atoms with van der Waals surface area (Å²) in [6, 6.07) is 4.01. The van der Waals surface area contributed by atoms with E-state index >= 15 is 0 Å². The fourth-order valence-electron chi connectivity index (χ4n) is 3.35. The Morgan fingerprint density at radius 2 is 1.95 bits per heavy atom. The number of aryl methyl sites for hydroxylation is 2. The van der Waals surface area contributed by atoms with Gasteiger partial charge in [-0.3, -0.25) is 0 Å². The molecule has 0 saturated heterocycles. The summed E-state index contributed by atoms with van der Waals surface area (Å²) in [4.78, 5) is 0. The lowest BCUT2D eigenvalue weighted by molar-refractivity contribution is -0.259. The second-order valence-corrected chi connectivity index (χ2v) is 6.18. The first kappa shape index (κ1) is 16.3. The van der Waals surface area contributed by atoms with Gasteiger partial charge in [-0.05, 0) is 62.1 Å². The van der Waals surface area contributed by atoms with E-state index in [1.54, 1.807) is 0 Å². The van der Waals surface area contributed by atoms with E-state index in [1.807, 2.05) is 19.9 Å². The number of halogens is 3. The first-order valence-electron chi connectivity index (χ1n) is 7.27. The van der Waals surface area contributed by atoms with Gasteiger partial charge >= 0.3 is 6.18 Å². The SMILES string of the molecule is Cc1cc(C)c2c(c1)C(CC(O)(CN)C(F)(F)F)CCC2. The van der Waals surface area contributed by atoms with Gasteiger partial charge in [0.1, 0.15) is 0 Å². The summed E-state index contributed by atoms with van der Waals surface area (Å²) in [7, 11) is 0. The number of fused-ring (bicyclic) bond motifs is 1. The van der Waals surface area contributed by atoms with Gasteiger partial charge in [0.15, 0.2) is 5.60 Å². The van der Waals surface area contributed by atoms with Crippen molar-refractivity contribution in [2.45, 2.75) is 57.2 Å². The first-order chi connectivity index (χ1) is 9.68. The topological polar surface area (TPSA) is 46.2 Å². The molecule has 1 aliphatic rings. The third-order valence-electron chi connectivity index (χ3n) is 4.52. The van der Waals surface area contributed by atoms with Crippen LogP contribution in [-0.4, -0.2) is 23.4 Å². The Kier molecular flexibility index (Phi) is 4.36. The van der Waals surface area contributed by atoms with E-state index in [0.717, 1.165) is 35.1 Å². The van der Waals surface area contributed by atoms with Crippen LogP contribution in [-0.2, 0) is 6.42 Å². The molecule has 0 bridgehead atoms. The van der Waals surface area contributed by atoms with E-state index in [0.29, 0.717) is 6.42 Å². The van der Waals surface area contributed by atoms with E-state index in [2.05, 4.69) is 6.07 Å². The van der Waals surface area contributed by atoms with Gasteiger partial charge in [0.25, 0.3) is 0 Å². The van der Waals surface area contributed by atoms with Gasteiger partial charge in [-0.25, -0.2) is 0 Å². The molecule has 2 nitrogen and oxygen atoms in total. The predicted octanol–water partition coefficient (Wildman–Crippen LogP) is 3.37. The van der Waals surface area contributed by atoms with Crippen molar-refractivity contribution in [3.05, 3.63) is 34.4 Å². The average molecular weight is 301 g/mol. The summed E-state index contributed by atoms with van der Waals surface area (Å²) in [5.74, 6) is -0.289. The summed E-state index contributed by atoms with van der Waals surface area (Å²) in [6.07, 6.45) is -2.65. The predicted molar refractivity (Wildman–Crippen MR) is 76.3 cm³/mol. The zero-order valence-corrected chi connectivity index (χ0v) is 12.4. The molecule has 3 N–H and O–H groups in total. The van der Waals surface area contributed by atoms with Crippen LogP contribution in [0.3, 0.4) is 0 Å². The lowest BCUT2D eigenvalue weighted by atomic mass is 9.75. The van der Waals surface area contributed by atoms with Crippen LogP contribution in [0.5, 0.6) is 0 Å². The summed E-state index contributed by atoms with van der Waals surface area (Å²) in [6.45, 7) is 3.14. The highest BCUT2D eigenvalue weighted by Gasteiger charge is 2.53. The molecule has 0 aromatic heterocycles. The number of aliphatic hydroxyl groups is 1. The zero-order valence-electron chi connectivity index (χ0n) is 12.4. The maximum Gasteiger partial charge on any atom is 0.418 e. The molecule has 1 aliphatic carbocycles. The highest BCUT2D eigenvalue weighted by Crippen LogP contribution is 2.43. The molecule has 118 valence electrons. The molecular weight excluding hydrogens is 279 g/mol. The van der Waals surface area contributed by atoms with Crippen molar-refractivity contribution in [1.82, 2.24) is 0 Å². The van der Waals surface area contributed by atoms with Gasteiger partial charge in [-0.2, -0.15) is 13.2 Å². The monoisotopic (exact) mass is 301 g/mol. The minimum Gasteiger partial charge on any atom is -0.379 e. The van der Waals surface area contributed by atoms with Crippen LogP contribution in [0.15, 0.2) is 12.1 Å². The molecule has 5 heteroatoms. The van der Waals surface area contributed by atoms with Crippen LogP contribution < -0.4 is 5.73 Å². The molecule has 2 atom stereocenters. The van der Waals surface area contributed by atoms with Crippen LogP contribution in [0.1, 0.15) is 47.4 Å². The van der Waals surface area contributed by atoms with Gasteiger partial charge in [-0.15, -0.1) is 0 Å². The summed E-state index contributed by atoms with van der Waals surface area (Å²) in [5, 5.41) is 9.92. The third kappa shape index (κ3) is 3.09. The normalized spacial score (nSPS) is 21.8. The molecule has 2 unspecified atom stereocenters. The van der Waals surface area contributed by atoms with Crippen LogP contribution in [0.4, 0.5) is 13.2 Å². The van der Waals surface area contributed by atoms with Gasteiger partial charge in [0.2, 0.25) is 0 Å². The molecule has 21 heavy (non-hydrogen) atoms. The number of benzene rings is 1. The Bertz CT molecular complexity index is 527. The maximum atomic E-state index is 13.1. The van der Waals surface area contributed by atoms with Crippen LogP contribution in [0.2, 0.25) is 0 Å². The van der Waals surface area contributed by atoms with Gasteiger partial charge in [0, 0.05) is 6.54 Å². The van der Waals surface area contributed by atoms with Crippen LogP contribution in [0, 0.1) is 13.8 Å². The Labute approximate surface area is 123 Å². The number of nitrogens with two attached hydrogens (primary N) is 1. The van der Waals surface area contributed by atoms with Crippen molar-refractivity contribution in [3.8, 4) is 0 Å². The fourth-order valence-corrected chi connectivity index (χ4v) is 3.35. The standard InChI is InChI=1S/C16H22F3NO/c1-10-6-11(2)13-5-3-4-12(14(13)7-10)8-15(21,9-20)16(17,18)19/h6-7,12,21H,3-5,8-9,20H2,1-2H3. The van der Waals surface area contributed by atoms with Crippen molar-refractivity contribution in [1.29, 1.82) is 0 Å². The number of rotatable bonds is 3. The lowest BCUT2D eigenvalue weighted by Gasteiger charge is -2.35. The second-order valence-electron chi connectivity index (χ2n) is 6.18. The minimum atomic E-state index is -4.70. The fraction of sp³-hybridized carbons (Fsp3) is 0.625. The Hall–Kier alpha value is -1.07. The summed E-state index contributed by atoms with van der Waals surface area (Å²) in [5.41, 5.74) is 6.68. The highest BCUT2D eigenvalue weighted by molar-refractivity contribution is 5.42. The zero-order chi connectivity index (χ0) is 15.8. The largest absolute Gasteiger partial charge is 0.418 e. The molecule has 2 rings (SSSR count). The van der Waals surface area contributed by atoms with Crippen LogP contribution in [0.25, 0.3) is 0 Å². The number of hydrogen-bond acceptors (Lipinski definition) is 2. The summed E-state index contributed by atoms with van der Waals surface area (Å²) >= 11 is 0. The van der Waals surface area contributed by atoms with Crippen molar-refractivity contribution in [2.75, 3.05) is 6.54 Å². The molecular formula is C16H22F3NO. The van der Waals surface area contributed by atoms with E-state index < -0.39 is 18.3 Å². The molecule has 1 aromatic rings. The highest BCUT2D eigenvalue weighted by atomic mass is 19.4. The summed E-state index contributed by atoms with van der Waals surface area (Å²) < 4.78 is 39.2. The van der Waals surface area contributed by atoms with E-state index in [9.17, 15) is 18.3 Å². The number of hydrogen-bond donors (Lipinski definition) is 2. The molecule has 0 radical (unpaired) electrons. The van der Waals surface area contributed by atoms with Gasteiger partial charge < -0.3 is 10.8 Å². The van der Waals surface area contributed by atoms with Gasteiger partial charge in [-0.1, -0.05) is 17.7 Å². The maximum absolute atomic E-state index is 13.1. The first-order valence-corrected chi connectivity index (χ1v) is 7.27. The minimum absolute atomic E-state index is 0.289. The molecule has 0 spiro atoms. The Balaban J connectivity index is 2.36. The van der Waals surface area contributed by atoms with Crippen molar-refractivity contribution in [2.24, 2.45) is 5.73 Å². The lowest BCUT2D eigenvalue weighted by Crippen LogP contribution is -2.52. The molecule has 1 aromatic carbocycles. The average Bonchev–Trinajstić information content (AvgIpc) is 2.38. The molecule has 0 fully saturated rings. The Morgan fingerprint density at radius 1 is 1.29 bits per heavy atom. The number of alkyl halides is 3. The third-order valence-corrected chi connectivity index (χ3v) is 4.52. The van der Waals surface area contributed by atoms with Gasteiger partial charge in [0.05, 0.1) is 0 Å². The van der Waals surface area contributed by atoms with Crippen LogP contribution >= 0.6 is 0 Å².